The normalized spacial score (nSPS) is 13.1. The van der Waals surface area contributed by atoms with E-state index in [1.54, 1.807) is 6.07 Å². The Balaban J connectivity index is 2.18. The van der Waals surface area contributed by atoms with E-state index in [2.05, 4.69) is 0 Å². The molecule has 0 aliphatic rings. The van der Waals surface area contributed by atoms with Crippen LogP contribution in [0, 0.1) is 0 Å². The van der Waals surface area contributed by atoms with Gasteiger partial charge in [0.05, 0.1) is 12.2 Å². The molecule has 0 fully saturated rings. The summed E-state index contributed by atoms with van der Waals surface area (Å²) < 4.78 is 39.2. The van der Waals surface area contributed by atoms with Gasteiger partial charge in [0.2, 0.25) is 0 Å². The van der Waals surface area contributed by atoms with Gasteiger partial charge in [0.1, 0.15) is 19.6 Å². The quantitative estimate of drug-likeness (QED) is 0.841. The van der Waals surface area contributed by atoms with Gasteiger partial charge in [-0.15, -0.1) is 0 Å². The van der Waals surface area contributed by atoms with Crippen molar-refractivity contribution in [1.82, 2.24) is 0 Å². The zero-order valence-electron chi connectivity index (χ0n) is 12.1. The molecular formula is C17H19F3NO+. The molecule has 0 saturated carbocycles. The van der Waals surface area contributed by atoms with Crippen LogP contribution in [0.4, 0.5) is 13.2 Å². The van der Waals surface area contributed by atoms with Crippen LogP contribution < -0.4 is 4.90 Å². The molecule has 0 aliphatic carbocycles. The summed E-state index contributed by atoms with van der Waals surface area (Å²) in [6.07, 6.45) is -4.35. The van der Waals surface area contributed by atoms with E-state index in [0.717, 1.165) is 16.5 Å². The van der Waals surface area contributed by atoms with Crippen LogP contribution >= 0.6 is 0 Å². The predicted octanol–water partition coefficient (Wildman–Crippen LogP) is 2.28. The third-order valence-corrected chi connectivity index (χ3v) is 3.53. The standard InChI is InChI=1S/C17H18F3NO/c18-17(19,20)16-9-5-4-8-15(16)13-21(10-11-22)12-14-6-2-1-3-7-14/h1-9,22H,10-13H2/p+1. The minimum Gasteiger partial charge on any atom is -0.391 e. The fourth-order valence-electron chi connectivity index (χ4n) is 2.50. The van der Waals surface area contributed by atoms with Crippen molar-refractivity contribution in [2.24, 2.45) is 0 Å². The second kappa shape index (κ2) is 7.42. The van der Waals surface area contributed by atoms with E-state index in [1.807, 2.05) is 30.3 Å². The van der Waals surface area contributed by atoms with Crippen molar-refractivity contribution >= 4 is 0 Å². The monoisotopic (exact) mass is 310 g/mol. The Labute approximate surface area is 127 Å². The number of nitrogens with one attached hydrogen (secondary N) is 1. The van der Waals surface area contributed by atoms with Gasteiger partial charge in [-0.3, -0.25) is 0 Å². The summed E-state index contributed by atoms with van der Waals surface area (Å²) in [5.41, 5.74) is 0.698. The summed E-state index contributed by atoms with van der Waals surface area (Å²) in [5, 5.41) is 9.18. The second-order valence-electron chi connectivity index (χ2n) is 5.22. The van der Waals surface area contributed by atoms with Gasteiger partial charge in [-0.2, -0.15) is 13.2 Å². The van der Waals surface area contributed by atoms with Gasteiger partial charge in [0.25, 0.3) is 0 Å². The number of hydrogen-bond donors (Lipinski definition) is 2. The zero-order valence-corrected chi connectivity index (χ0v) is 12.1. The predicted molar refractivity (Wildman–Crippen MR) is 78.2 cm³/mol. The van der Waals surface area contributed by atoms with Gasteiger partial charge in [-0.25, -0.2) is 0 Å². The van der Waals surface area contributed by atoms with Crippen LogP contribution in [0.5, 0.6) is 0 Å². The lowest BCUT2D eigenvalue weighted by Crippen LogP contribution is -3.09. The fourth-order valence-corrected chi connectivity index (χ4v) is 2.50. The molecule has 0 heterocycles. The molecular weight excluding hydrogens is 291 g/mol. The molecule has 0 radical (unpaired) electrons. The Kier molecular flexibility index (Phi) is 5.57. The largest absolute Gasteiger partial charge is 0.416 e. The molecule has 0 aromatic heterocycles. The number of halogens is 3. The highest BCUT2D eigenvalue weighted by molar-refractivity contribution is 5.28. The van der Waals surface area contributed by atoms with E-state index in [9.17, 15) is 18.3 Å². The molecule has 118 valence electrons. The van der Waals surface area contributed by atoms with Gasteiger partial charge in [-0.1, -0.05) is 48.5 Å². The molecule has 0 amide bonds. The van der Waals surface area contributed by atoms with E-state index in [1.165, 1.54) is 12.1 Å². The van der Waals surface area contributed by atoms with Crippen molar-refractivity contribution in [3.8, 4) is 0 Å². The van der Waals surface area contributed by atoms with E-state index in [-0.39, 0.29) is 18.7 Å². The molecule has 2 rings (SSSR count). The highest BCUT2D eigenvalue weighted by Crippen LogP contribution is 2.31. The summed E-state index contributed by atoms with van der Waals surface area (Å²) in [5.74, 6) is 0. The van der Waals surface area contributed by atoms with Crippen molar-refractivity contribution in [3.05, 3.63) is 71.3 Å². The van der Waals surface area contributed by atoms with Crippen molar-refractivity contribution in [1.29, 1.82) is 0 Å². The number of alkyl halides is 3. The highest BCUT2D eigenvalue weighted by Gasteiger charge is 2.33. The summed E-state index contributed by atoms with van der Waals surface area (Å²) in [4.78, 5) is 0.894. The van der Waals surface area contributed by atoms with Gasteiger partial charge in [-0.05, 0) is 6.07 Å². The third-order valence-electron chi connectivity index (χ3n) is 3.53. The molecule has 0 aliphatic heterocycles. The number of benzene rings is 2. The van der Waals surface area contributed by atoms with E-state index >= 15 is 0 Å². The Bertz CT molecular complexity index is 584. The molecule has 1 unspecified atom stereocenters. The van der Waals surface area contributed by atoms with Crippen LogP contribution in [0.3, 0.4) is 0 Å². The number of hydrogen-bond acceptors (Lipinski definition) is 1. The van der Waals surface area contributed by atoms with Gasteiger partial charge in [0, 0.05) is 11.1 Å². The average molecular weight is 310 g/mol. The molecule has 0 spiro atoms. The van der Waals surface area contributed by atoms with E-state index < -0.39 is 11.7 Å². The molecule has 0 saturated heterocycles. The average Bonchev–Trinajstić information content (AvgIpc) is 2.48. The first kappa shape index (κ1) is 16.5. The fraction of sp³-hybridized carbons (Fsp3) is 0.294. The second-order valence-corrected chi connectivity index (χ2v) is 5.22. The molecule has 2 aromatic carbocycles. The Morgan fingerprint density at radius 1 is 0.864 bits per heavy atom. The number of aliphatic hydroxyl groups excluding tert-OH is 1. The van der Waals surface area contributed by atoms with Crippen LogP contribution in [0.2, 0.25) is 0 Å². The van der Waals surface area contributed by atoms with Gasteiger partial charge in [0.15, 0.2) is 0 Å². The molecule has 0 bridgehead atoms. The number of quaternary nitrogens is 1. The minimum atomic E-state index is -4.35. The van der Waals surface area contributed by atoms with Crippen molar-refractivity contribution in [3.63, 3.8) is 0 Å². The Morgan fingerprint density at radius 3 is 2.14 bits per heavy atom. The smallest absolute Gasteiger partial charge is 0.391 e. The Hall–Kier alpha value is -1.85. The van der Waals surface area contributed by atoms with Crippen LogP contribution in [0.25, 0.3) is 0 Å². The maximum atomic E-state index is 13.1. The van der Waals surface area contributed by atoms with Gasteiger partial charge >= 0.3 is 6.18 Å². The first-order valence-electron chi connectivity index (χ1n) is 7.14. The van der Waals surface area contributed by atoms with E-state index in [4.69, 9.17) is 0 Å². The molecule has 2 nitrogen and oxygen atoms in total. The van der Waals surface area contributed by atoms with Crippen molar-refractivity contribution in [2.45, 2.75) is 19.3 Å². The van der Waals surface area contributed by atoms with Crippen molar-refractivity contribution < 1.29 is 23.2 Å². The molecule has 5 heteroatoms. The molecule has 1 atom stereocenters. The SMILES string of the molecule is OCC[NH+](Cc1ccccc1)Cc1ccccc1C(F)(F)F. The molecule has 2 N–H and O–H groups in total. The lowest BCUT2D eigenvalue weighted by atomic mass is 10.1. The Morgan fingerprint density at radius 2 is 1.50 bits per heavy atom. The maximum Gasteiger partial charge on any atom is 0.416 e. The zero-order chi connectivity index (χ0) is 16.0. The summed E-state index contributed by atoms with van der Waals surface area (Å²) >= 11 is 0. The van der Waals surface area contributed by atoms with Crippen LogP contribution in [-0.4, -0.2) is 18.3 Å². The summed E-state index contributed by atoms with van der Waals surface area (Å²) in [6, 6.07) is 15.2. The van der Waals surface area contributed by atoms with Crippen molar-refractivity contribution in [2.75, 3.05) is 13.2 Å². The maximum absolute atomic E-state index is 13.1. The molecule has 2 aromatic rings. The highest BCUT2D eigenvalue weighted by atomic mass is 19.4. The lowest BCUT2D eigenvalue weighted by molar-refractivity contribution is -0.927. The third kappa shape index (κ3) is 4.58. The molecule has 22 heavy (non-hydrogen) atoms. The van der Waals surface area contributed by atoms with Crippen LogP contribution in [-0.2, 0) is 19.3 Å². The summed E-state index contributed by atoms with van der Waals surface area (Å²) in [7, 11) is 0. The van der Waals surface area contributed by atoms with Crippen LogP contribution in [0.1, 0.15) is 16.7 Å². The number of aliphatic hydroxyl groups is 1. The van der Waals surface area contributed by atoms with E-state index in [0.29, 0.717) is 13.1 Å². The first-order valence-corrected chi connectivity index (χ1v) is 7.14. The first-order chi connectivity index (χ1) is 10.5. The number of rotatable bonds is 6. The lowest BCUT2D eigenvalue weighted by Gasteiger charge is -2.21. The minimum absolute atomic E-state index is 0.0592. The van der Waals surface area contributed by atoms with Crippen LogP contribution in [0.15, 0.2) is 54.6 Å². The topological polar surface area (TPSA) is 24.7 Å². The summed E-state index contributed by atoms with van der Waals surface area (Å²) in [6.45, 7) is 1.15. The van der Waals surface area contributed by atoms with Gasteiger partial charge < -0.3 is 10.0 Å².